The minimum Gasteiger partial charge on any atom is -0.356 e. The van der Waals surface area contributed by atoms with Gasteiger partial charge in [0.25, 0.3) is 0 Å². The van der Waals surface area contributed by atoms with Gasteiger partial charge in [-0.2, -0.15) is 0 Å². The first-order chi connectivity index (χ1) is 10.2. The number of hydrogen-bond acceptors (Lipinski definition) is 1. The summed E-state index contributed by atoms with van der Waals surface area (Å²) in [6.45, 7) is 2.80. The van der Waals surface area contributed by atoms with E-state index in [0.717, 1.165) is 19.3 Å². The first-order valence-electron chi connectivity index (χ1n) is 7.60. The van der Waals surface area contributed by atoms with Gasteiger partial charge in [-0.15, -0.1) is 0 Å². The van der Waals surface area contributed by atoms with Crippen LogP contribution in [0.4, 0.5) is 0 Å². The molecule has 2 nitrogen and oxygen atoms in total. The Morgan fingerprint density at radius 2 is 1.57 bits per heavy atom. The van der Waals surface area contributed by atoms with Crippen molar-refractivity contribution < 1.29 is 4.79 Å². The SMILES string of the molecule is Cc1ccc(CCCC(=O)NCCc2ccccc2)cc1. The number of hydrogen-bond donors (Lipinski definition) is 1. The average molecular weight is 281 g/mol. The molecule has 0 saturated heterocycles. The van der Waals surface area contributed by atoms with Crippen LogP contribution in [0.1, 0.15) is 29.5 Å². The van der Waals surface area contributed by atoms with Crippen LogP contribution < -0.4 is 5.32 Å². The van der Waals surface area contributed by atoms with E-state index in [1.165, 1.54) is 16.7 Å². The van der Waals surface area contributed by atoms with Crippen molar-refractivity contribution in [3.05, 3.63) is 71.3 Å². The largest absolute Gasteiger partial charge is 0.356 e. The highest BCUT2D eigenvalue weighted by Crippen LogP contribution is 2.07. The summed E-state index contributed by atoms with van der Waals surface area (Å²) >= 11 is 0. The Morgan fingerprint density at radius 1 is 0.905 bits per heavy atom. The second-order valence-corrected chi connectivity index (χ2v) is 5.42. The summed E-state index contributed by atoms with van der Waals surface area (Å²) in [5.74, 6) is 0.151. The van der Waals surface area contributed by atoms with E-state index in [1.807, 2.05) is 18.2 Å². The Labute approximate surface area is 127 Å². The molecule has 2 rings (SSSR count). The van der Waals surface area contributed by atoms with Crippen LogP contribution in [0.3, 0.4) is 0 Å². The van der Waals surface area contributed by atoms with Gasteiger partial charge in [-0.05, 0) is 37.3 Å². The first kappa shape index (κ1) is 15.3. The number of rotatable bonds is 7. The lowest BCUT2D eigenvalue weighted by atomic mass is 10.1. The third kappa shape index (κ3) is 5.82. The maximum atomic E-state index is 11.8. The fourth-order valence-corrected chi connectivity index (χ4v) is 2.29. The van der Waals surface area contributed by atoms with Crippen LogP contribution in [-0.4, -0.2) is 12.5 Å². The van der Waals surface area contributed by atoms with E-state index in [2.05, 4.69) is 48.6 Å². The molecule has 0 unspecified atom stereocenters. The number of aryl methyl sites for hydroxylation is 2. The van der Waals surface area contributed by atoms with Crippen molar-refractivity contribution in [2.45, 2.75) is 32.6 Å². The van der Waals surface area contributed by atoms with Gasteiger partial charge in [0.2, 0.25) is 5.91 Å². The van der Waals surface area contributed by atoms with Crippen molar-refractivity contribution in [2.24, 2.45) is 0 Å². The highest BCUT2D eigenvalue weighted by atomic mass is 16.1. The normalized spacial score (nSPS) is 10.3. The molecule has 0 aliphatic rings. The minimum atomic E-state index is 0.151. The lowest BCUT2D eigenvalue weighted by Gasteiger charge is -2.06. The molecule has 1 N–H and O–H groups in total. The van der Waals surface area contributed by atoms with Gasteiger partial charge in [0.05, 0.1) is 0 Å². The first-order valence-corrected chi connectivity index (χ1v) is 7.60. The molecule has 21 heavy (non-hydrogen) atoms. The van der Waals surface area contributed by atoms with Gasteiger partial charge in [0.1, 0.15) is 0 Å². The fraction of sp³-hybridized carbons (Fsp3) is 0.316. The van der Waals surface area contributed by atoms with Crippen LogP contribution in [0.15, 0.2) is 54.6 Å². The van der Waals surface area contributed by atoms with Crippen molar-refractivity contribution in [3.63, 3.8) is 0 Å². The molecule has 1 amide bonds. The molecular formula is C19H23NO. The van der Waals surface area contributed by atoms with Gasteiger partial charge in [0.15, 0.2) is 0 Å². The van der Waals surface area contributed by atoms with E-state index in [1.54, 1.807) is 0 Å². The Kier molecular flexibility index (Phi) is 6.01. The molecule has 2 aromatic rings. The van der Waals surface area contributed by atoms with E-state index in [-0.39, 0.29) is 5.91 Å². The molecule has 0 aliphatic carbocycles. The molecule has 2 aromatic carbocycles. The average Bonchev–Trinajstić information content (AvgIpc) is 2.50. The molecular weight excluding hydrogens is 258 g/mol. The molecule has 0 atom stereocenters. The lowest BCUT2D eigenvalue weighted by Crippen LogP contribution is -2.25. The third-order valence-electron chi connectivity index (χ3n) is 3.57. The Balaban J connectivity index is 1.60. The second-order valence-electron chi connectivity index (χ2n) is 5.42. The summed E-state index contributed by atoms with van der Waals surface area (Å²) in [6, 6.07) is 18.8. The molecule has 110 valence electrons. The molecule has 0 radical (unpaired) electrons. The second kappa shape index (κ2) is 8.25. The van der Waals surface area contributed by atoms with E-state index in [9.17, 15) is 4.79 Å². The molecule has 0 spiro atoms. The monoisotopic (exact) mass is 281 g/mol. The van der Waals surface area contributed by atoms with Gasteiger partial charge in [-0.25, -0.2) is 0 Å². The van der Waals surface area contributed by atoms with Crippen molar-refractivity contribution in [1.29, 1.82) is 0 Å². The van der Waals surface area contributed by atoms with Crippen LogP contribution in [0.5, 0.6) is 0 Å². The van der Waals surface area contributed by atoms with Gasteiger partial charge in [0, 0.05) is 13.0 Å². The smallest absolute Gasteiger partial charge is 0.220 e. The highest BCUT2D eigenvalue weighted by Gasteiger charge is 2.01. The Bertz CT molecular complexity index is 546. The zero-order valence-electron chi connectivity index (χ0n) is 12.6. The standard InChI is InChI=1S/C19H23NO/c1-16-10-12-18(13-11-16)8-5-9-19(21)20-15-14-17-6-3-2-4-7-17/h2-4,6-7,10-13H,5,8-9,14-15H2,1H3,(H,20,21). The molecule has 0 fully saturated rings. The predicted octanol–water partition coefficient (Wildman–Crippen LogP) is 3.68. The van der Waals surface area contributed by atoms with Crippen LogP contribution in [0.25, 0.3) is 0 Å². The van der Waals surface area contributed by atoms with E-state index in [0.29, 0.717) is 13.0 Å². The maximum absolute atomic E-state index is 11.8. The Hall–Kier alpha value is -2.09. The molecule has 0 heterocycles. The molecule has 0 saturated carbocycles. The van der Waals surface area contributed by atoms with E-state index in [4.69, 9.17) is 0 Å². The number of benzene rings is 2. The molecule has 2 heteroatoms. The zero-order valence-corrected chi connectivity index (χ0v) is 12.6. The summed E-state index contributed by atoms with van der Waals surface area (Å²) in [7, 11) is 0. The lowest BCUT2D eigenvalue weighted by molar-refractivity contribution is -0.121. The summed E-state index contributed by atoms with van der Waals surface area (Å²) in [5, 5.41) is 2.99. The number of nitrogens with one attached hydrogen (secondary N) is 1. The van der Waals surface area contributed by atoms with Crippen LogP contribution in [0.2, 0.25) is 0 Å². The number of carbonyl (C=O) groups excluding carboxylic acids is 1. The number of carbonyl (C=O) groups is 1. The van der Waals surface area contributed by atoms with Crippen molar-refractivity contribution in [1.82, 2.24) is 5.32 Å². The molecule has 0 aliphatic heterocycles. The van der Waals surface area contributed by atoms with Crippen molar-refractivity contribution >= 4 is 5.91 Å². The summed E-state index contributed by atoms with van der Waals surface area (Å²) in [4.78, 5) is 11.8. The van der Waals surface area contributed by atoms with E-state index < -0.39 is 0 Å². The van der Waals surface area contributed by atoms with Gasteiger partial charge in [-0.1, -0.05) is 60.2 Å². The quantitative estimate of drug-likeness (QED) is 0.824. The number of amides is 1. The molecule has 0 aromatic heterocycles. The molecule has 0 bridgehead atoms. The minimum absolute atomic E-state index is 0.151. The summed E-state index contributed by atoms with van der Waals surface area (Å²) < 4.78 is 0. The van der Waals surface area contributed by atoms with Crippen molar-refractivity contribution in [3.8, 4) is 0 Å². The van der Waals surface area contributed by atoms with Gasteiger partial charge >= 0.3 is 0 Å². The van der Waals surface area contributed by atoms with Crippen LogP contribution in [-0.2, 0) is 17.6 Å². The van der Waals surface area contributed by atoms with Gasteiger partial charge < -0.3 is 5.32 Å². The van der Waals surface area contributed by atoms with Crippen LogP contribution >= 0.6 is 0 Å². The van der Waals surface area contributed by atoms with Crippen LogP contribution in [0, 0.1) is 6.92 Å². The third-order valence-corrected chi connectivity index (χ3v) is 3.57. The summed E-state index contributed by atoms with van der Waals surface area (Å²) in [6.07, 6.45) is 3.36. The van der Waals surface area contributed by atoms with Gasteiger partial charge in [-0.3, -0.25) is 4.79 Å². The van der Waals surface area contributed by atoms with Crippen molar-refractivity contribution in [2.75, 3.05) is 6.54 Å². The maximum Gasteiger partial charge on any atom is 0.220 e. The summed E-state index contributed by atoms with van der Waals surface area (Å²) in [5.41, 5.74) is 3.84. The predicted molar refractivity (Wildman–Crippen MR) is 87.3 cm³/mol. The highest BCUT2D eigenvalue weighted by molar-refractivity contribution is 5.75. The van der Waals surface area contributed by atoms with E-state index >= 15 is 0 Å². The zero-order chi connectivity index (χ0) is 14.9. The Morgan fingerprint density at radius 3 is 2.29 bits per heavy atom. The fourth-order valence-electron chi connectivity index (χ4n) is 2.29. The topological polar surface area (TPSA) is 29.1 Å².